The van der Waals surface area contributed by atoms with Crippen LogP contribution in [0, 0.1) is 0 Å². The summed E-state index contributed by atoms with van der Waals surface area (Å²) >= 11 is 0. The van der Waals surface area contributed by atoms with E-state index in [4.69, 9.17) is 9.47 Å². The first-order valence-electron chi connectivity index (χ1n) is 10.1. The van der Waals surface area contributed by atoms with Gasteiger partial charge in [-0.15, -0.1) is 12.4 Å². The quantitative estimate of drug-likeness (QED) is 0.645. The van der Waals surface area contributed by atoms with Gasteiger partial charge in [0.05, 0.1) is 13.2 Å². The van der Waals surface area contributed by atoms with Crippen molar-refractivity contribution < 1.29 is 14.3 Å². The second-order valence-electron chi connectivity index (χ2n) is 7.04. The number of halogens is 1. The van der Waals surface area contributed by atoms with E-state index in [-0.39, 0.29) is 18.3 Å². The van der Waals surface area contributed by atoms with E-state index >= 15 is 0 Å². The van der Waals surface area contributed by atoms with Crippen LogP contribution in [0.2, 0.25) is 0 Å². The molecule has 0 aliphatic carbocycles. The smallest absolute Gasteiger partial charge is 0.252 e. The standard InChI is InChI=1S/C21H30N4O3.ClH/c1-3-14-27-18-7-6-17(16-19(18)28-15-4-2)24-20(26)21(8-11-22-12-9-21)25-13-5-10-23-25;/h5-7,10,13,16,22H,3-4,8-9,11-12,14-15H2,1-2H3,(H,24,26);1H. The molecule has 1 aromatic heterocycles. The highest BCUT2D eigenvalue weighted by atomic mass is 35.5. The molecule has 7 nitrogen and oxygen atoms in total. The van der Waals surface area contributed by atoms with Gasteiger partial charge >= 0.3 is 0 Å². The van der Waals surface area contributed by atoms with Crippen molar-refractivity contribution in [3.05, 3.63) is 36.7 Å². The number of hydrogen-bond acceptors (Lipinski definition) is 5. The number of nitrogens with one attached hydrogen (secondary N) is 2. The SMILES string of the molecule is CCCOc1ccc(NC(=O)C2(n3cccn3)CCNCC2)cc1OCCC.Cl. The Kier molecular flexibility index (Phi) is 8.79. The van der Waals surface area contributed by atoms with Gasteiger partial charge in [-0.25, -0.2) is 0 Å². The lowest BCUT2D eigenvalue weighted by Gasteiger charge is -2.36. The molecule has 0 unspecified atom stereocenters. The number of benzene rings is 1. The Bertz CT molecular complexity index is 761. The molecule has 8 heteroatoms. The molecule has 1 saturated heterocycles. The molecule has 1 aliphatic heterocycles. The monoisotopic (exact) mass is 422 g/mol. The summed E-state index contributed by atoms with van der Waals surface area (Å²) in [6, 6.07) is 7.42. The van der Waals surface area contributed by atoms with Gasteiger partial charge in [0.2, 0.25) is 0 Å². The predicted octanol–water partition coefficient (Wildman–Crippen LogP) is 3.60. The molecule has 3 rings (SSSR count). The normalized spacial score (nSPS) is 15.2. The number of carbonyl (C=O) groups excluding carboxylic acids is 1. The molecule has 0 atom stereocenters. The molecule has 1 fully saturated rings. The zero-order valence-electron chi connectivity index (χ0n) is 17.1. The molecule has 160 valence electrons. The average molecular weight is 423 g/mol. The van der Waals surface area contributed by atoms with E-state index in [1.54, 1.807) is 10.9 Å². The van der Waals surface area contributed by atoms with Crippen LogP contribution < -0.4 is 20.1 Å². The Labute approximate surface area is 178 Å². The molecule has 0 spiro atoms. The molecule has 0 bridgehead atoms. The van der Waals surface area contributed by atoms with Crippen LogP contribution in [0.15, 0.2) is 36.7 Å². The van der Waals surface area contributed by atoms with E-state index in [1.807, 2.05) is 30.5 Å². The van der Waals surface area contributed by atoms with Crippen LogP contribution in [-0.4, -0.2) is 42.0 Å². The number of rotatable bonds is 9. The third-order valence-electron chi connectivity index (χ3n) is 4.92. The lowest BCUT2D eigenvalue weighted by molar-refractivity contribution is -0.126. The Morgan fingerprint density at radius 3 is 2.48 bits per heavy atom. The van der Waals surface area contributed by atoms with E-state index in [1.165, 1.54) is 0 Å². The molecule has 2 heterocycles. The molecule has 2 N–H and O–H groups in total. The third-order valence-corrected chi connectivity index (χ3v) is 4.92. The molecular formula is C21H31ClN4O3. The van der Waals surface area contributed by atoms with Crippen LogP contribution in [0.1, 0.15) is 39.5 Å². The lowest BCUT2D eigenvalue weighted by atomic mass is 9.87. The molecule has 1 amide bonds. The van der Waals surface area contributed by atoms with Gasteiger partial charge in [-0.2, -0.15) is 5.10 Å². The summed E-state index contributed by atoms with van der Waals surface area (Å²) in [5.41, 5.74) is 0.0151. The molecule has 1 aromatic carbocycles. The maximum atomic E-state index is 13.3. The number of aromatic nitrogens is 2. The molecule has 0 saturated carbocycles. The minimum atomic E-state index is -0.684. The van der Waals surface area contributed by atoms with E-state index in [9.17, 15) is 4.79 Å². The van der Waals surface area contributed by atoms with Gasteiger partial charge in [-0.3, -0.25) is 9.48 Å². The van der Waals surface area contributed by atoms with Crippen molar-refractivity contribution in [3.63, 3.8) is 0 Å². The van der Waals surface area contributed by atoms with Gasteiger partial charge in [0, 0.05) is 24.1 Å². The minimum Gasteiger partial charge on any atom is -0.490 e. The van der Waals surface area contributed by atoms with Crippen LogP contribution in [0.4, 0.5) is 5.69 Å². The van der Waals surface area contributed by atoms with Crippen molar-refractivity contribution in [2.24, 2.45) is 0 Å². The fourth-order valence-corrected chi connectivity index (χ4v) is 3.41. The van der Waals surface area contributed by atoms with E-state index in [0.717, 1.165) is 25.9 Å². The topological polar surface area (TPSA) is 77.4 Å². The van der Waals surface area contributed by atoms with E-state index in [0.29, 0.717) is 43.2 Å². The first kappa shape index (κ1) is 23.0. The fraction of sp³-hybridized carbons (Fsp3) is 0.524. The van der Waals surface area contributed by atoms with Crippen molar-refractivity contribution >= 4 is 24.0 Å². The van der Waals surface area contributed by atoms with E-state index in [2.05, 4.69) is 29.6 Å². The highest BCUT2D eigenvalue weighted by Gasteiger charge is 2.42. The summed E-state index contributed by atoms with van der Waals surface area (Å²) in [5, 5.41) is 10.8. The first-order chi connectivity index (χ1) is 13.7. The van der Waals surface area contributed by atoms with Crippen molar-refractivity contribution in [2.45, 2.75) is 45.1 Å². The first-order valence-corrected chi connectivity index (χ1v) is 10.1. The van der Waals surface area contributed by atoms with Gasteiger partial charge in [0.15, 0.2) is 11.5 Å². The zero-order chi connectivity index (χ0) is 19.8. The average Bonchev–Trinajstić information content (AvgIpc) is 3.27. The van der Waals surface area contributed by atoms with E-state index < -0.39 is 5.54 Å². The van der Waals surface area contributed by atoms with Crippen LogP contribution in [0.3, 0.4) is 0 Å². The van der Waals surface area contributed by atoms with Gasteiger partial charge in [0.25, 0.3) is 5.91 Å². The van der Waals surface area contributed by atoms with Gasteiger partial charge in [0.1, 0.15) is 5.54 Å². The number of piperidine rings is 1. The summed E-state index contributed by atoms with van der Waals surface area (Å²) in [4.78, 5) is 13.3. The Morgan fingerprint density at radius 2 is 1.86 bits per heavy atom. The second kappa shape index (κ2) is 11.1. The van der Waals surface area contributed by atoms with Crippen LogP contribution >= 0.6 is 12.4 Å². The number of carbonyl (C=O) groups is 1. The summed E-state index contributed by atoms with van der Waals surface area (Å²) in [6.07, 6.45) is 6.79. The maximum Gasteiger partial charge on any atom is 0.252 e. The number of hydrogen-bond donors (Lipinski definition) is 2. The largest absolute Gasteiger partial charge is 0.490 e. The summed E-state index contributed by atoms with van der Waals surface area (Å²) in [7, 11) is 0. The molecule has 1 aliphatic rings. The predicted molar refractivity (Wildman–Crippen MR) is 116 cm³/mol. The molecular weight excluding hydrogens is 392 g/mol. The lowest BCUT2D eigenvalue weighted by Crippen LogP contribution is -2.52. The number of ether oxygens (including phenoxy) is 2. The van der Waals surface area contributed by atoms with Gasteiger partial charge in [-0.05, 0) is 57.0 Å². The molecule has 29 heavy (non-hydrogen) atoms. The van der Waals surface area contributed by atoms with Gasteiger partial charge in [-0.1, -0.05) is 13.8 Å². The second-order valence-corrected chi connectivity index (χ2v) is 7.04. The third kappa shape index (κ3) is 5.42. The molecule has 0 radical (unpaired) electrons. The van der Waals surface area contributed by atoms with Crippen molar-refractivity contribution in [3.8, 4) is 11.5 Å². The highest BCUT2D eigenvalue weighted by molar-refractivity contribution is 5.97. The Balaban J connectivity index is 0.00000300. The highest BCUT2D eigenvalue weighted by Crippen LogP contribution is 2.33. The summed E-state index contributed by atoms with van der Waals surface area (Å²) in [5.74, 6) is 1.31. The number of amides is 1. The zero-order valence-corrected chi connectivity index (χ0v) is 18.0. The van der Waals surface area contributed by atoms with Crippen molar-refractivity contribution in [2.75, 3.05) is 31.6 Å². The van der Waals surface area contributed by atoms with Crippen LogP contribution in [0.25, 0.3) is 0 Å². The Morgan fingerprint density at radius 1 is 1.17 bits per heavy atom. The Hall–Kier alpha value is -2.25. The van der Waals surface area contributed by atoms with Crippen LogP contribution in [0.5, 0.6) is 11.5 Å². The number of nitrogens with zero attached hydrogens (tertiary/aromatic N) is 2. The van der Waals surface area contributed by atoms with Gasteiger partial charge < -0.3 is 20.1 Å². The number of anilines is 1. The summed E-state index contributed by atoms with van der Waals surface area (Å²) < 4.78 is 13.4. The van der Waals surface area contributed by atoms with Crippen molar-refractivity contribution in [1.82, 2.24) is 15.1 Å². The van der Waals surface area contributed by atoms with Crippen LogP contribution in [-0.2, 0) is 10.3 Å². The summed E-state index contributed by atoms with van der Waals surface area (Å²) in [6.45, 7) is 6.91. The fourth-order valence-electron chi connectivity index (χ4n) is 3.41. The maximum absolute atomic E-state index is 13.3. The van der Waals surface area contributed by atoms with Crippen molar-refractivity contribution in [1.29, 1.82) is 0 Å². The molecule has 2 aromatic rings. The minimum absolute atomic E-state index is 0.